The van der Waals surface area contributed by atoms with Gasteiger partial charge in [-0.1, -0.05) is 23.9 Å². The van der Waals surface area contributed by atoms with Gasteiger partial charge in [-0.25, -0.2) is 0 Å². The van der Waals surface area contributed by atoms with Gasteiger partial charge in [0.15, 0.2) is 11.0 Å². The van der Waals surface area contributed by atoms with Crippen LogP contribution in [0.3, 0.4) is 0 Å². The molecule has 0 fully saturated rings. The lowest BCUT2D eigenvalue weighted by atomic mass is 10.2. The highest BCUT2D eigenvalue weighted by Crippen LogP contribution is 2.28. The molecule has 31 heavy (non-hydrogen) atoms. The summed E-state index contributed by atoms with van der Waals surface area (Å²) in [5.74, 6) is 0.375. The van der Waals surface area contributed by atoms with Crippen LogP contribution < -0.4 is 11.1 Å². The number of anilines is 1. The van der Waals surface area contributed by atoms with Crippen LogP contribution in [0, 0.1) is 0 Å². The Balaban J connectivity index is 1.68. The molecule has 1 aromatic carbocycles. The van der Waals surface area contributed by atoms with Gasteiger partial charge < -0.3 is 15.8 Å². The Bertz CT molecular complexity index is 1030. The number of pyridine rings is 1. The summed E-state index contributed by atoms with van der Waals surface area (Å²) in [5.41, 5.74) is 6.74. The second-order valence-electron chi connectivity index (χ2n) is 6.27. The molecule has 0 saturated carbocycles. The zero-order valence-electron chi connectivity index (χ0n) is 16.9. The number of nitrogens with one attached hydrogen (secondary N) is 1. The van der Waals surface area contributed by atoms with Crippen molar-refractivity contribution in [3.63, 3.8) is 0 Å². The summed E-state index contributed by atoms with van der Waals surface area (Å²) < 4.78 is 7.13. The van der Waals surface area contributed by atoms with Crippen LogP contribution in [0.25, 0.3) is 11.4 Å². The van der Waals surface area contributed by atoms with Crippen LogP contribution in [0.1, 0.15) is 0 Å². The largest absolute Gasteiger partial charge is 0.383 e. The Hall–Kier alpha value is -2.89. The molecule has 3 N–H and O–H groups in total. The van der Waals surface area contributed by atoms with E-state index < -0.39 is 5.91 Å². The van der Waals surface area contributed by atoms with E-state index in [1.54, 1.807) is 25.6 Å². The minimum atomic E-state index is -0.415. The molecule has 162 valence electrons. The van der Waals surface area contributed by atoms with E-state index in [1.165, 1.54) is 23.5 Å². The normalized spacial score (nSPS) is 10.7. The van der Waals surface area contributed by atoms with Crippen molar-refractivity contribution >= 4 is 41.0 Å². The number of nitrogens with zero attached hydrogens (tertiary/aromatic N) is 4. The topological polar surface area (TPSA) is 125 Å². The monoisotopic (exact) mass is 458 g/mol. The van der Waals surface area contributed by atoms with E-state index in [2.05, 4.69) is 20.5 Å². The van der Waals surface area contributed by atoms with Crippen LogP contribution in [0.2, 0.25) is 0 Å². The minimum Gasteiger partial charge on any atom is -0.383 e. The van der Waals surface area contributed by atoms with Crippen LogP contribution in [-0.4, -0.2) is 56.8 Å². The maximum absolute atomic E-state index is 12.6. The molecule has 0 bridgehead atoms. The van der Waals surface area contributed by atoms with Crippen LogP contribution in [0.4, 0.5) is 5.69 Å². The van der Waals surface area contributed by atoms with Crippen molar-refractivity contribution in [2.75, 3.05) is 30.5 Å². The number of amides is 2. The molecular weight excluding hydrogens is 436 g/mol. The van der Waals surface area contributed by atoms with E-state index in [0.717, 1.165) is 10.5 Å². The van der Waals surface area contributed by atoms with Crippen LogP contribution in [-0.2, 0) is 20.9 Å². The lowest BCUT2D eigenvalue weighted by molar-refractivity contribution is -0.115. The fraction of sp³-hybridized carbons (Fsp3) is 0.250. The molecule has 2 aromatic heterocycles. The molecule has 0 aliphatic rings. The van der Waals surface area contributed by atoms with E-state index in [1.807, 2.05) is 34.9 Å². The Morgan fingerprint density at radius 1 is 1.10 bits per heavy atom. The quantitative estimate of drug-likeness (QED) is 0.419. The van der Waals surface area contributed by atoms with E-state index in [0.29, 0.717) is 29.8 Å². The zero-order chi connectivity index (χ0) is 22.1. The number of rotatable bonds is 11. The number of carbonyl (C=O) groups excluding carboxylic acids is 2. The fourth-order valence-electron chi connectivity index (χ4n) is 2.66. The van der Waals surface area contributed by atoms with Crippen LogP contribution in [0.5, 0.6) is 0 Å². The van der Waals surface area contributed by atoms with Gasteiger partial charge in [-0.3, -0.25) is 19.1 Å². The molecule has 2 amide bonds. The summed E-state index contributed by atoms with van der Waals surface area (Å²) >= 11 is 2.57. The van der Waals surface area contributed by atoms with Gasteiger partial charge in [0.05, 0.1) is 30.3 Å². The summed E-state index contributed by atoms with van der Waals surface area (Å²) in [4.78, 5) is 28.4. The van der Waals surface area contributed by atoms with Gasteiger partial charge in [0.2, 0.25) is 11.8 Å². The van der Waals surface area contributed by atoms with Gasteiger partial charge in [-0.05, 0) is 24.3 Å². The molecule has 3 rings (SSSR count). The van der Waals surface area contributed by atoms with Gasteiger partial charge >= 0.3 is 0 Å². The molecule has 11 heteroatoms. The van der Waals surface area contributed by atoms with E-state index in [9.17, 15) is 9.59 Å². The molecule has 0 spiro atoms. The van der Waals surface area contributed by atoms with Gasteiger partial charge in [0.1, 0.15) is 0 Å². The number of methoxy groups -OCH3 is 1. The molecular formula is C20H22N6O3S2. The Labute approximate surface area is 188 Å². The Kier molecular flexibility index (Phi) is 8.44. The number of thioether (sulfide) groups is 2. The molecule has 0 aliphatic heterocycles. The maximum atomic E-state index is 12.6. The molecule has 3 aromatic rings. The average Bonchev–Trinajstić information content (AvgIpc) is 3.19. The molecule has 0 unspecified atom stereocenters. The molecule has 0 aliphatic carbocycles. The predicted octanol–water partition coefficient (Wildman–Crippen LogP) is 2.29. The molecule has 0 saturated heterocycles. The first-order valence-electron chi connectivity index (χ1n) is 9.33. The SMILES string of the molecule is COCCn1c(SCC(=O)Nc2ccccc2SCC(N)=O)nnc1-c1ccncc1. The lowest BCUT2D eigenvalue weighted by Crippen LogP contribution is -2.16. The van der Waals surface area contributed by atoms with Crippen molar-refractivity contribution in [2.45, 2.75) is 16.6 Å². The number of aromatic nitrogens is 4. The van der Waals surface area contributed by atoms with Gasteiger partial charge in [0.25, 0.3) is 0 Å². The Morgan fingerprint density at radius 3 is 2.61 bits per heavy atom. The zero-order valence-corrected chi connectivity index (χ0v) is 18.5. The van der Waals surface area contributed by atoms with Crippen molar-refractivity contribution < 1.29 is 14.3 Å². The second-order valence-corrected chi connectivity index (χ2v) is 8.23. The second kappa shape index (κ2) is 11.5. The smallest absolute Gasteiger partial charge is 0.234 e. The van der Waals surface area contributed by atoms with Gasteiger partial charge in [0, 0.05) is 30.0 Å². The minimum absolute atomic E-state index is 0.141. The molecule has 0 radical (unpaired) electrons. The number of nitrogens with two attached hydrogens (primary N) is 1. The van der Waals surface area contributed by atoms with Crippen molar-refractivity contribution in [3.8, 4) is 11.4 Å². The van der Waals surface area contributed by atoms with Gasteiger partial charge in [-0.2, -0.15) is 0 Å². The first-order chi connectivity index (χ1) is 15.1. The van der Waals surface area contributed by atoms with E-state index >= 15 is 0 Å². The standard InChI is InChI=1S/C20H22N6O3S2/c1-29-11-10-26-19(14-6-8-22-9-7-14)24-25-20(26)31-13-18(28)23-15-4-2-3-5-16(15)30-12-17(21)27/h2-9H,10-13H2,1H3,(H2,21,27)(H,23,28). The fourth-order valence-corrected chi connectivity index (χ4v) is 4.17. The predicted molar refractivity (Wildman–Crippen MR) is 121 cm³/mol. The molecule has 9 nitrogen and oxygen atoms in total. The Morgan fingerprint density at radius 2 is 1.87 bits per heavy atom. The first-order valence-corrected chi connectivity index (χ1v) is 11.3. The van der Waals surface area contributed by atoms with Crippen LogP contribution in [0.15, 0.2) is 58.8 Å². The third-order valence-corrected chi connectivity index (χ3v) is 6.10. The van der Waals surface area contributed by atoms with Crippen molar-refractivity contribution in [2.24, 2.45) is 5.73 Å². The third kappa shape index (κ3) is 6.54. The first kappa shape index (κ1) is 22.8. The highest BCUT2D eigenvalue weighted by Gasteiger charge is 2.16. The summed E-state index contributed by atoms with van der Waals surface area (Å²) in [7, 11) is 1.63. The number of hydrogen-bond acceptors (Lipinski definition) is 8. The van der Waals surface area contributed by atoms with Crippen molar-refractivity contribution in [1.29, 1.82) is 0 Å². The van der Waals surface area contributed by atoms with Crippen molar-refractivity contribution in [3.05, 3.63) is 48.8 Å². The van der Waals surface area contributed by atoms with E-state index in [4.69, 9.17) is 10.5 Å². The number of ether oxygens (including phenoxy) is 1. The number of para-hydroxylation sites is 1. The lowest BCUT2D eigenvalue weighted by Gasteiger charge is -2.11. The van der Waals surface area contributed by atoms with E-state index in [-0.39, 0.29) is 17.4 Å². The highest BCUT2D eigenvalue weighted by molar-refractivity contribution is 8.00. The highest BCUT2D eigenvalue weighted by atomic mass is 32.2. The summed E-state index contributed by atoms with van der Waals surface area (Å²) in [6.07, 6.45) is 3.39. The van der Waals surface area contributed by atoms with Crippen LogP contribution >= 0.6 is 23.5 Å². The number of carbonyl (C=O) groups is 2. The molecule has 2 heterocycles. The number of primary amides is 1. The average molecular weight is 459 g/mol. The number of hydrogen-bond donors (Lipinski definition) is 2. The summed E-state index contributed by atoms with van der Waals surface area (Å²) in [6.45, 7) is 1.04. The maximum Gasteiger partial charge on any atom is 0.234 e. The van der Waals surface area contributed by atoms with Gasteiger partial charge in [-0.15, -0.1) is 22.0 Å². The number of benzene rings is 1. The third-order valence-electron chi connectivity index (χ3n) is 4.04. The molecule has 0 atom stereocenters. The summed E-state index contributed by atoms with van der Waals surface area (Å²) in [5, 5.41) is 12.0. The summed E-state index contributed by atoms with van der Waals surface area (Å²) in [6, 6.07) is 11.0. The van der Waals surface area contributed by atoms with Crippen molar-refractivity contribution in [1.82, 2.24) is 19.7 Å².